The first kappa shape index (κ1) is 33.3. The number of furan rings is 1. The third-order valence-corrected chi connectivity index (χ3v) is 8.12. The molecule has 0 N–H and O–H groups in total. The van der Waals surface area contributed by atoms with Crippen LogP contribution >= 0.6 is 0 Å². The first-order valence-electron chi connectivity index (χ1n) is 15.4. The molecule has 47 heavy (non-hydrogen) atoms. The fraction of sp³-hybridized carbons (Fsp3) is 0.333. The number of amides is 1. The van der Waals surface area contributed by atoms with Gasteiger partial charge in [0.2, 0.25) is 5.91 Å². The average Bonchev–Trinajstić information content (AvgIpc) is 3.77. The maximum Gasteiger partial charge on any atom is 0.340 e. The second-order valence-corrected chi connectivity index (χ2v) is 12.7. The number of para-hydroxylation sites is 1. The van der Waals surface area contributed by atoms with Crippen molar-refractivity contribution in [2.45, 2.75) is 72.1 Å². The zero-order valence-corrected chi connectivity index (χ0v) is 27.5. The number of halogens is 2. The minimum Gasteiger partial charge on any atom is -0.472 e. The van der Waals surface area contributed by atoms with Crippen LogP contribution in [0.4, 0.5) is 8.78 Å². The van der Waals surface area contributed by atoms with E-state index < -0.39 is 23.3 Å². The van der Waals surface area contributed by atoms with Gasteiger partial charge in [0.1, 0.15) is 22.9 Å². The number of hydrogen-bond acceptors (Lipinski definition) is 6. The van der Waals surface area contributed by atoms with Gasteiger partial charge in [-0.25, -0.2) is 18.3 Å². The van der Waals surface area contributed by atoms with Gasteiger partial charge in [-0.05, 0) is 76.4 Å². The maximum absolute atomic E-state index is 14.5. The molecule has 0 radical (unpaired) electrons. The lowest BCUT2D eigenvalue weighted by atomic mass is 9.98. The molecule has 3 aromatic heterocycles. The first-order chi connectivity index (χ1) is 22.3. The first-order valence-corrected chi connectivity index (χ1v) is 15.4. The lowest BCUT2D eigenvalue weighted by molar-refractivity contribution is -0.132. The number of esters is 1. The zero-order chi connectivity index (χ0) is 33.9. The Morgan fingerprint density at radius 1 is 1.04 bits per heavy atom. The van der Waals surface area contributed by atoms with E-state index in [4.69, 9.17) is 9.15 Å². The van der Waals surface area contributed by atoms with Gasteiger partial charge in [0, 0.05) is 42.9 Å². The van der Waals surface area contributed by atoms with Crippen molar-refractivity contribution in [3.05, 3.63) is 124 Å². The predicted octanol–water partition coefficient (Wildman–Crippen LogP) is 6.94. The Bertz CT molecular complexity index is 1870. The van der Waals surface area contributed by atoms with Crippen LogP contribution in [0, 0.1) is 25.5 Å². The molecule has 1 unspecified atom stereocenters. The summed E-state index contributed by atoms with van der Waals surface area (Å²) in [5.74, 6) is -1.83. The summed E-state index contributed by atoms with van der Waals surface area (Å²) >= 11 is 0. The number of ether oxygens (including phenoxy) is 1. The third-order valence-electron chi connectivity index (χ3n) is 8.12. The van der Waals surface area contributed by atoms with E-state index in [0.717, 1.165) is 28.7 Å². The van der Waals surface area contributed by atoms with Crippen molar-refractivity contribution in [2.75, 3.05) is 7.05 Å². The summed E-state index contributed by atoms with van der Waals surface area (Å²) in [5.41, 5.74) is 5.00. The molecule has 0 aliphatic heterocycles. The van der Waals surface area contributed by atoms with Gasteiger partial charge in [-0.3, -0.25) is 4.79 Å². The summed E-state index contributed by atoms with van der Waals surface area (Å²) < 4.78 is 42.6. The number of carbonyl (C=O) groups excluding carboxylic acids is 2. The zero-order valence-electron chi connectivity index (χ0n) is 27.5. The van der Waals surface area contributed by atoms with Crippen LogP contribution in [0.3, 0.4) is 0 Å². The van der Waals surface area contributed by atoms with Gasteiger partial charge in [0.05, 0.1) is 42.6 Å². The average molecular weight is 644 g/mol. The Kier molecular flexibility index (Phi) is 9.74. The van der Waals surface area contributed by atoms with E-state index in [1.807, 2.05) is 75.7 Å². The summed E-state index contributed by atoms with van der Waals surface area (Å²) in [6.45, 7) is 9.74. The highest BCUT2D eigenvalue weighted by atomic mass is 19.1. The van der Waals surface area contributed by atoms with Crippen molar-refractivity contribution >= 4 is 11.9 Å². The summed E-state index contributed by atoms with van der Waals surface area (Å²) in [6.07, 6.45) is 5.64. The van der Waals surface area contributed by atoms with Crippen LogP contribution in [0.1, 0.15) is 77.4 Å². The van der Waals surface area contributed by atoms with E-state index in [1.165, 1.54) is 24.7 Å². The van der Waals surface area contributed by atoms with Gasteiger partial charge in [0.25, 0.3) is 0 Å². The Hall–Kier alpha value is -5.06. The number of aryl methyl sites for hydroxylation is 2. The molecule has 2 aromatic carbocycles. The molecule has 1 atom stereocenters. The topological polar surface area (TPSA) is 95.4 Å². The number of likely N-dealkylation sites (N-methyl/N-ethyl adjacent to an activating group) is 1. The van der Waals surface area contributed by atoms with Crippen molar-refractivity contribution in [2.24, 2.45) is 0 Å². The predicted molar refractivity (Wildman–Crippen MR) is 172 cm³/mol. The summed E-state index contributed by atoms with van der Waals surface area (Å²) in [7, 11) is 1.68. The molecule has 246 valence electrons. The Balaban J connectivity index is 1.29. The van der Waals surface area contributed by atoms with E-state index in [0.29, 0.717) is 35.3 Å². The molecule has 1 amide bonds. The smallest absolute Gasteiger partial charge is 0.340 e. The van der Waals surface area contributed by atoms with E-state index in [1.54, 1.807) is 22.7 Å². The maximum atomic E-state index is 14.5. The second kappa shape index (κ2) is 13.7. The van der Waals surface area contributed by atoms with Crippen LogP contribution in [-0.2, 0) is 28.9 Å². The molecular weight excluding hydrogens is 604 g/mol. The minimum absolute atomic E-state index is 0.146. The molecule has 0 bridgehead atoms. The highest BCUT2D eigenvalue weighted by molar-refractivity contribution is 5.91. The van der Waals surface area contributed by atoms with Crippen LogP contribution in [0.5, 0.6) is 0 Å². The van der Waals surface area contributed by atoms with Crippen molar-refractivity contribution in [1.82, 2.24) is 24.5 Å². The standard InChI is InChI=1S/C36H39F2N5O4/c1-23-17-30(35(45)47-36(3,4)5)24(2)42(23)20-29-21-43(40-39-29)32-10-8-7-9-25(32)12-14-34(44)41(6)33(27-15-16-46-22-27)18-26-11-13-28(37)19-31(26)38/h7-11,13,15-17,19,21-22,33H,12,14,18,20H2,1-6H3. The van der Waals surface area contributed by atoms with Gasteiger partial charge < -0.3 is 18.6 Å². The van der Waals surface area contributed by atoms with E-state index in [-0.39, 0.29) is 24.7 Å². The molecular formula is C36H39F2N5O4. The number of aromatic nitrogens is 4. The highest BCUT2D eigenvalue weighted by Crippen LogP contribution is 2.28. The lowest BCUT2D eigenvalue weighted by Crippen LogP contribution is -2.32. The second-order valence-electron chi connectivity index (χ2n) is 12.7. The number of nitrogens with zero attached hydrogens (tertiary/aromatic N) is 5. The van der Waals surface area contributed by atoms with E-state index in [9.17, 15) is 18.4 Å². The number of rotatable bonds is 11. The summed E-state index contributed by atoms with van der Waals surface area (Å²) in [6, 6.07) is 14.2. The van der Waals surface area contributed by atoms with Crippen LogP contribution in [0.2, 0.25) is 0 Å². The van der Waals surface area contributed by atoms with Crippen molar-refractivity contribution in [3.63, 3.8) is 0 Å². The van der Waals surface area contributed by atoms with Crippen molar-refractivity contribution < 1.29 is 27.5 Å². The largest absolute Gasteiger partial charge is 0.472 e. The van der Waals surface area contributed by atoms with Crippen LogP contribution < -0.4 is 0 Å². The number of benzene rings is 2. The molecule has 0 saturated carbocycles. The Morgan fingerprint density at radius 3 is 2.51 bits per heavy atom. The third kappa shape index (κ3) is 7.85. The monoisotopic (exact) mass is 643 g/mol. The lowest BCUT2D eigenvalue weighted by Gasteiger charge is -2.28. The minimum atomic E-state index is -0.661. The quantitative estimate of drug-likeness (QED) is 0.145. The molecule has 0 fully saturated rings. The number of carbonyl (C=O) groups is 2. The van der Waals surface area contributed by atoms with Gasteiger partial charge in [0.15, 0.2) is 0 Å². The molecule has 5 aromatic rings. The van der Waals surface area contributed by atoms with E-state index >= 15 is 0 Å². The van der Waals surface area contributed by atoms with Crippen molar-refractivity contribution in [1.29, 1.82) is 0 Å². The fourth-order valence-electron chi connectivity index (χ4n) is 5.61. The molecule has 0 saturated heterocycles. The Labute approximate surface area is 272 Å². The normalized spacial score (nSPS) is 12.3. The fourth-order valence-corrected chi connectivity index (χ4v) is 5.61. The molecule has 3 heterocycles. The van der Waals surface area contributed by atoms with Crippen LogP contribution in [-0.4, -0.2) is 49.0 Å². The van der Waals surface area contributed by atoms with Gasteiger partial charge in [-0.2, -0.15) is 0 Å². The van der Waals surface area contributed by atoms with Gasteiger partial charge in [-0.1, -0.05) is 29.5 Å². The van der Waals surface area contributed by atoms with E-state index in [2.05, 4.69) is 10.3 Å². The number of hydrogen-bond donors (Lipinski definition) is 0. The van der Waals surface area contributed by atoms with Crippen LogP contribution in [0.25, 0.3) is 5.69 Å². The van der Waals surface area contributed by atoms with Gasteiger partial charge >= 0.3 is 5.97 Å². The van der Waals surface area contributed by atoms with Gasteiger partial charge in [-0.15, -0.1) is 5.10 Å². The molecule has 9 nitrogen and oxygen atoms in total. The molecule has 11 heteroatoms. The Morgan fingerprint density at radius 2 is 1.81 bits per heavy atom. The molecule has 0 aliphatic rings. The van der Waals surface area contributed by atoms with Crippen molar-refractivity contribution in [3.8, 4) is 5.69 Å². The molecule has 0 spiro atoms. The molecule has 0 aliphatic carbocycles. The molecule has 5 rings (SSSR count). The SMILES string of the molecule is Cc1cc(C(=O)OC(C)(C)C)c(C)n1Cc1cn(-c2ccccc2CCC(=O)N(C)C(Cc2ccc(F)cc2F)c2ccoc2)nn1. The summed E-state index contributed by atoms with van der Waals surface area (Å²) in [5, 5.41) is 8.76. The van der Waals surface area contributed by atoms with Crippen LogP contribution in [0.15, 0.2) is 77.7 Å². The summed E-state index contributed by atoms with van der Waals surface area (Å²) in [4.78, 5) is 27.8. The highest BCUT2D eigenvalue weighted by Gasteiger charge is 2.25.